The maximum absolute atomic E-state index is 14.8. The van der Waals surface area contributed by atoms with Gasteiger partial charge in [-0.05, 0) is 147 Å². The Kier molecular flexibility index (Phi) is 20.8. The Morgan fingerprint density at radius 2 is 1.28 bits per heavy atom. The molecule has 0 bridgehead atoms. The fourth-order valence-corrected chi connectivity index (χ4v) is 11.7. The van der Waals surface area contributed by atoms with Gasteiger partial charge in [-0.2, -0.15) is 0 Å². The highest BCUT2D eigenvalue weighted by molar-refractivity contribution is 7.53. The molecule has 74 heavy (non-hydrogen) atoms. The maximum atomic E-state index is 14.8. The third kappa shape index (κ3) is 19.4. The van der Waals surface area contributed by atoms with Crippen LogP contribution in [0, 0.1) is 5.92 Å². The molecule has 1 aliphatic heterocycles. The summed E-state index contributed by atoms with van der Waals surface area (Å²) < 4.78 is 31.8. The lowest BCUT2D eigenvalue weighted by Gasteiger charge is -2.42. The van der Waals surface area contributed by atoms with Crippen LogP contribution in [0.3, 0.4) is 0 Å². The van der Waals surface area contributed by atoms with Crippen molar-refractivity contribution in [1.29, 1.82) is 0 Å². The van der Waals surface area contributed by atoms with E-state index in [1.54, 1.807) is 49.9 Å². The second-order valence-electron chi connectivity index (χ2n) is 22.6. The minimum Gasteiger partial charge on any atom is -0.460 e. The number of nitrogens with two attached hydrogens (primary N) is 1. The average molecular weight is 1040 g/mol. The molecular weight excluding hydrogens is 958 g/mol. The number of unbranched alkanes of at least 4 members (excludes halogenated alkanes) is 1. The van der Waals surface area contributed by atoms with Gasteiger partial charge in [0, 0.05) is 26.1 Å². The fourth-order valence-electron chi connectivity index (χ4n) is 9.17. The molecular formula is C58H80N5O10P. The van der Waals surface area contributed by atoms with Crippen molar-refractivity contribution >= 4 is 53.9 Å². The summed E-state index contributed by atoms with van der Waals surface area (Å²) in [6.07, 6.45) is 3.04. The number of likely N-dealkylation sites (tertiary alicyclic amines) is 1. The molecule has 402 valence electrons. The molecule has 0 aromatic heterocycles. The quantitative estimate of drug-likeness (QED) is 0.0297. The molecule has 5 amide bonds. The van der Waals surface area contributed by atoms with E-state index < -0.39 is 77.9 Å². The smallest absolute Gasteiger partial charge is 0.336 e. The number of hydrogen-bond acceptors (Lipinski definition) is 10. The highest BCUT2D eigenvalue weighted by Gasteiger charge is 2.46. The monoisotopic (exact) mass is 1040 g/mol. The van der Waals surface area contributed by atoms with Crippen LogP contribution in [0.2, 0.25) is 0 Å². The largest absolute Gasteiger partial charge is 0.460 e. The molecule has 0 saturated carbocycles. The van der Waals surface area contributed by atoms with Gasteiger partial charge in [0.15, 0.2) is 0 Å². The zero-order valence-corrected chi connectivity index (χ0v) is 45.9. The van der Waals surface area contributed by atoms with E-state index in [1.807, 2.05) is 96.1 Å². The number of hydrogen-bond donors (Lipinski definition) is 4. The number of esters is 1. The van der Waals surface area contributed by atoms with Crippen molar-refractivity contribution in [2.75, 3.05) is 19.6 Å². The molecule has 0 spiro atoms. The maximum Gasteiger partial charge on any atom is 0.336 e. The van der Waals surface area contributed by atoms with Crippen molar-refractivity contribution < 1.29 is 47.1 Å². The number of ether oxygens (including phenoxy) is 1. The zero-order chi connectivity index (χ0) is 54.3. The number of piperidine rings is 1. The van der Waals surface area contributed by atoms with Crippen molar-refractivity contribution in [3.63, 3.8) is 0 Å². The summed E-state index contributed by atoms with van der Waals surface area (Å²) >= 11 is 0. The minimum absolute atomic E-state index is 0.00559. The van der Waals surface area contributed by atoms with E-state index in [0.29, 0.717) is 36.8 Å². The van der Waals surface area contributed by atoms with E-state index in [4.69, 9.17) is 19.5 Å². The molecule has 4 aromatic carbocycles. The number of carbonyl (C=O) groups excluding carboxylic acids is 6. The molecule has 2 atom stereocenters. The number of fused-ring (bicyclic) bond motifs is 1. The lowest BCUT2D eigenvalue weighted by Crippen LogP contribution is -2.66. The van der Waals surface area contributed by atoms with Gasteiger partial charge < -0.3 is 40.4 Å². The van der Waals surface area contributed by atoms with E-state index in [1.165, 1.54) is 5.56 Å². The predicted molar refractivity (Wildman–Crippen MR) is 289 cm³/mol. The standard InChI is InChI=1S/C58H80N5O10P/c1-55(2,3)71-51(66)38-46(37-42-28-30-43(31-29-42)40-74(70,72-56(4,5)6)73-57(7,8)9)52(67)62-58(32-35-63(36-33-58)50(65)27-16-13-21-41-19-11-10-12-20-41)54(69)61-48(39-49(59)64)53(68)60-34-18-25-45-24-17-23-44-22-14-15-26-47(44)45/h10-12,14-15,17,19-20,22-24,26,28-31,46,48H,13,16,18,21,25,27,32-40H2,1-9H3,(H2,59,64)(H,60,68)(H,61,69)(H,62,67)/t46-,48+/m1/s1. The van der Waals surface area contributed by atoms with Gasteiger partial charge in [-0.3, -0.25) is 33.3 Å². The topological polar surface area (TPSA) is 213 Å². The Labute approximate surface area is 438 Å². The van der Waals surface area contributed by atoms with Gasteiger partial charge in [0.05, 0.1) is 36.1 Å². The predicted octanol–water partition coefficient (Wildman–Crippen LogP) is 9.05. The van der Waals surface area contributed by atoms with E-state index in [2.05, 4.69) is 34.1 Å². The molecule has 0 aliphatic carbocycles. The normalized spacial score (nSPS) is 14.9. The Bertz CT molecular complexity index is 2570. The van der Waals surface area contributed by atoms with Gasteiger partial charge in [0.25, 0.3) is 0 Å². The van der Waals surface area contributed by atoms with Gasteiger partial charge in [0.1, 0.15) is 17.2 Å². The van der Waals surface area contributed by atoms with Crippen LogP contribution in [0.15, 0.2) is 97.1 Å². The number of carbonyl (C=O) groups is 6. The van der Waals surface area contributed by atoms with Crippen LogP contribution in [0.4, 0.5) is 0 Å². The van der Waals surface area contributed by atoms with Gasteiger partial charge in [-0.1, -0.05) is 97.1 Å². The van der Waals surface area contributed by atoms with Crippen molar-refractivity contribution in [2.24, 2.45) is 11.7 Å². The molecule has 1 fully saturated rings. The Morgan fingerprint density at radius 3 is 1.91 bits per heavy atom. The molecule has 16 heteroatoms. The van der Waals surface area contributed by atoms with Crippen LogP contribution < -0.4 is 21.7 Å². The average Bonchev–Trinajstić information content (AvgIpc) is 3.30. The van der Waals surface area contributed by atoms with Gasteiger partial charge in [-0.15, -0.1) is 0 Å². The number of benzene rings is 4. The Hall–Kier alpha value is -5.89. The second-order valence-corrected chi connectivity index (χ2v) is 24.5. The van der Waals surface area contributed by atoms with Crippen LogP contribution in [0.5, 0.6) is 0 Å². The number of rotatable bonds is 24. The summed E-state index contributed by atoms with van der Waals surface area (Å²) in [5.41, 5.74) is 5.29. The summed E-state index contributed by atoms with van der Waals surface area (Å²) in [6, 6.07) is 29.9. The van der Waals surface area contributed by atoms with E-state index in [9.17, 15) is 33.3 Å². The van der Waals surface area contributed by atoms with Gasteiger partial charge >= 0.3 is 13.6 Å². The second kappa shape index (κ2) is 26.1. The lowest BCUT2D eigenvalue weighted by molar-refractivity contribution is -0.157. The van der Waals surface area contributed by atoms with Crippen LogP contribution in [-0.4, -0.2) is 88.4 Å². The molecule has 1 heterocycles. The molecule has 0 unspecified atom stereocenters. The van der Waals surface area contributed by atoms with Crippen molar-refractivity contribution in [3.05, 3.63) is 119 Å². The van der Waals surface area contributed by atoms with Crippen molar-refractivity contribution in [1.82, 2.24) is 20.9 Å². The molecule has 5 rings (SSSR count). The van der Waals surface area contributed by atoms with E-state index in [0.717, 1.165) is 29.2 Å². The minimum atomic E-state index is -3.64. The molecule has 1 aliphatic rings. The Morgan fingerprint density at radius 1 is 0.676 bits per heavy atom. The van der Waals surface area contributed by atoms with Crippen LogP contribution >= 0.6 is 7.60 Å². The summed E-state index contributed by atoms with van der Waals surface area (Å²) in [6.45, 7) is 16.5. The molecule has 4 aromatic rings. The van der Waals surface area contributed by atoms with E-state index >= 15 is 0 Å². The van der Waals surface area contributed by atoms with Crippen LogP contribution in [-0.2, 0) is 72.5 Å². The van der Waals surface area contributed by atoms with Gasteiger partial charge in [0.2, 0.25) is 29.5 Å². The number of amides is 5. The number of primary amides is 1. The summed E-state index contributed by atoms with van der Waals surface area (Å²) in [4.78, 5) is 84.7. The first kappa shape index (κ1) is 59.0. The lowest BCUT2D eigenvalue weighted by atomic mass is 9.84. The summed E-state index contributed by atoms with van der Waals surface area (Å²) in [5, 5.41) is 10.9. The third-order valence-corrected chi connectivity index (χ3v) is 14.9. The van der Waals surface area contributed by atoms with Crippen LogP contribution in [0.25, 0.3) is 10.8 Å². The third-order valence-electron chi connectivity index (χ3n) is 12.5. The van der Waals surface area contributed by atoms with Crippen molar-refractivity contribution in [3.8, 4) is 0 Å². The number of nitrogens with one attached hydrogen (secondary N) is 3. The van der Waals surface area contributed by atoms with E-state index in [-0.39, 0.29) is 57.4 Å². The first-order valence-electron chi connectivity index (χ1n) is 26.0. The highest BCUT2D eigenvalue weighted by atomic mass is 31.2. The first-order valence-corrected chi connectivity index (χ1v) is 27.7. The SMILES string of the molecule is CC(C)(C)OC(=O)C[C@@H](Cc1ccc(CP(=O)(OC(C)(C)C)OC(C)(C)C)cc1)C(=O)NC1(C(=O)N[C@@H](CC(N)=O)C(=O)NCCCc2cccc3ccccc23)CCN(C(=O)CCCCc2ccccc2)CC1. The highest BCUT2D eigenvalue weighted by Crippen LogP contribution is 2.57. The molecule has 5 N–H and O–H groups in total. The van der Waals surface area contributed by atoms with Crippen molar-refractivity contribution in [2.45, 2.75) is 167 Å². The Balaban J connectivity index is 1.36. The zero-order valence-electron chi connectivity index (χ0n) is 45.1. The number of aryl methyl sites for hydroxylation is 2. The number of nitrogens with zero attached hydrogens (tertiary/aromatic N) is 1. The van der Waals surface area contributed by atoms with Gasteiger partial charge in [-0.25, -0.2) is 0 Å². The summed E-state index contributed by atoms with van der Waals surface area (Å²) in [7, 11) is -3.64. The van der Waals surface area contributed by atoms with Crippen LogP contribution in [0.1, 0.15) is 136 Å². The summed E-state index contributed by atoms with van der Waals surface area (Å²) in [5.74, 6) is -4.53. The molecule has 15 nitrogen and oxygen atoms in total. The molecule has 1 saturated heterocycles. The molecule has 0 radical (unpaired) electrons. The first-order chi connectivity index (χ1) is 34.7. The fraction of sp³-hybridized carbons (Fsp3) is 0.517.